The van der Waals surface area contributed by atoms with Crippen LogP contribution in [-0.4, -0.2) is 43.1 Å². The first-order chi connectivity index (χ1) is 17.3. The van der Waals surface area contributed by atoms with Crippen LogP contribution in [0.25, 0.3) is 0 Å². The van der Waals surface area contributed by atoms with Crippen LogP contribution in [-0.2, 0) is 18.1 Å². The van der Waals surface area contributed by atoms with Crippen molar-refractivity contribution < 1.29 is 27.7 Å². The van der Waals surface area contributed by atoms with Crippen molar-refractivity contribution in [3.05, 3.63) is 70.8 Å². The molecule has 0 aromatic heterocycles. The van der Waals surface area contributed by atoms with E-state index in [-0.39, 0.29) is 44.1 Å². The molecule has 1 aliphatic carbocycles. The lowest BCUT2D eigenvalue weighted by atomic mass is 10.0. The first-order valence-electron chi connectivity index (χ1n) is 12.9. The number of rotatable bonds is 15. The molecule has 0 radical (unpaired) electrons. The van der Waals surface area contributed by atoms with Crippen molar-refractivity contribution in [1.82, 2.24) is 4.90 Å². The molecule has 36 heavy (non-hydrogen) atoms. The van der Waals surface area contributed by atoms with Gasteiger partial charge >= 0.3 is 7.82 Å². The summed E-state index contributed by atoms with van der Waals surface area (Å²) in [6.07, 6.45) is 13.3. The van der Waals surface area contributed by atoms with E-state index < -0.39 is 7.82 Å². The van der Waals surface area contributed by atoms with Crippen LogP contribution in [0.5, 0.6) is 0 Å². The van der Waals surface area contributed by atoms with E-state index in [0.717, 1.165) is 43.3 Å². The zero-order valence-electron chi connectivity index (χ0n) is 21.6. The second kappa shape index (κ2) is 13.8. The van der Waals surface area contributed by atoms with Gasteiger partial charge in [-0.25, -0.2) is 4.57 Å². The molecule has 0 spiro atoms. The third kappa shape index (κ3) is 7.84. The van der Waals surface area contributed by atoms with Gasteiger partial charge in [-0.1, -0.05) is 70.0 Å². The Morgan fingerprint density at radius 2 is 1.81 bits per heavy atom. The quantitative estimate of drug-likeness (QED) is 0.110. The first kappa shape index (κ1) is 28.3. The molecule has 196 valence electrons. The van der Waals surface area contributed by atoms with Crippen LogP contribution in [0.2, 0.25) is 0 Å². The number of benzene rings is 1. The molecule has 2 aliphatic rings. The highest BCUT2D eigenvalue weighted by Crippen LogP contribution is 2.50. The molecule has 1 unspecified atom stereocenters. The average molecular weight is 516 g/mol. The summed E-state index contributed by atoms with van der Waals surface area (Å²) in [5.41, 5.74) is 2.90. The lowest BCUT2D eigenvalue weighted by molar-refractivity contribution is 0.0641. The molecular weight excluding hydrogens is 477 g/mol. The number of allylic oxidation sites excluding steroid dienone is 4. The van der Waals surface area contributed by atoms with Crippen LogP contribution >= 0.6 is 7.82 Å². The van der Waals surface area contributed by atoms with E-state index in [1.54, 1.807) is 24.3 Å². The second-order valence-electron chi connectivity index (χ2n) is 9.36. The van der Waals surface area contributed by atoms with Crippen molar-refractivity contribution in [2.24, 2.45) is 5.92 Å². The molecule has 7 nitrogen and oxygen atoms in total. The highest BCUT2D eigenvalue weighted by molar-refractivity contribution is 7.48. The number of fused-ring (bicyclic) bond motifs is 1. The molecule has 1 aliphatic heterocycles. The van der Waals surface area contributed by atoms with E-state index in [1.807, 2.05) is 12.2 Å². The summed E-state index contributed by atoms with van der Waals surface area (Å²) in [6.45, 7) is 6.82. The Kier molecular flexibility index (Phi) is 10.9. The number of phosphoric ester groups is 1. The number of hydrogen-bond acceptors (Lipinski definition) is 6. The molecule has 1 atom stereocenters. The molecule has 0 bridgehead atoms. The van der Waals surface area contributed by atoms with Gasteiger partial charge in [-0.3, -0.25) is 28.1 Å². The van der Waals surface area contributed by atoms with Gasteiger partial charge in [-0.15, -0.1) is 0 Å². The number of amides is 2. The van der Waals surface area contributed by atoms with Crippen molar-refractivity contribution in [3.8, 4) is 0 Å². The minimum absolute atomic E-state index is 0.0280. The minimum Gasteiger partial charge on any atom is -0.287 e. The van der Waals surface area contributed by atoms with E-state index in [0.29, 0.717) is 17.5 Å². The van der Waals surface area contributed by atoms with Gasteiger partial charge in [0.15, 0.2) is 0 Å². The molecule has 8 heteroatoms. The lowest BCUT2D eigenvalue weighted by Crippen LogP contribution is -2.31. The fraction of sp³-hybridized carbons (Fsp3) is 0.500. The number of nitrogens with zero attached hydrogens (tertiary/aromatic N) is 1. The zero-order chi connectivity index (χ0) is 26.0. The highest BCUT2D eigenvalue weighted by atomic mass is 31.2. The van der Waals surface area contributed by atoms with Gasteiger partial charge in [0.2, 0.25) is 0 Å². The predicted molar refractivity (Wildman–Crippen MR) is 141 cm³/mol. The maximum atomic E-state index is 13.5. The van der Waals surface area contributed by atoms with Gasteiger partial charge in [0.25, 0.3) is 11.8 Å². The number of hydrogen-bond donors (Lipinski definition) is 0. The van der Waals surface area contributed by atoms with E-state index in [1.165, 1.54) is 4.90 Å². The smallest absolute Gasteiger partial charge is 0.287 e. The number of imide groups is 1. The van der Waals surface area contributed by atoms with Crippen LogP contribution in [0.3, 0.4) is 0 Å². The molecule has 3 rings (SSSR count). The molecule has 1 heterocycles. The molecule has 0 saturated heterocycles. The van der Waals surface area contributed by atoms with Gasteiger partial charge in [0.05, 0.1) is 30.9 Å². The zero-order valence-corrected chi connectivity index (χ0v) is 22.5. The molecule has 0 saturated carbocycles. The van der Waals surface area contributed by atoms with Crippen LogP contribution < -0.4 is 0 Å². The molecular formula is C28H38NO6P. The predicted octanol–water partition coefficient (Wildman–Crippen LogP) is 6.88. The van der Waals surface area contributed by atoms with Crippen LogP contribution in [0.1, 0.15) is 80.0 Å². The summed E-state index contributed by atoms with van der Waals surface area (Å²) in [5, 5.41) is 0. The fourth-order valence-corrected chi connectivity index (χ4v) is 5.20. The highest BCUT2D eigenvalue weighted by Gasteiger charge is 2.35. The normalized spacial score (nSPS) is 17.5. The van der Waals surface area contributed by atoms with Gasteiger partial charge in [0.1, 0.15) is 0 Å². The van der Waals surface area contributed by atoms with Crippen LogP contribution in [0.4, 0.5) is 0 Å². The maximum Gasteiger partial charge on any atom is 0.475 e. The van der Waals surface area contributed by atoms with Gasteiger partial charge in [-0.2, -0.15) is 0 Å². The minimum atomic E-state index is -3.86. The standard InChI is InChI=1S/C28H38NO6P/c1-4-5-7-15-24(22(2)3)21-35-36(32,34-20-23-13-8-6-9-14-23)33-19-12-18-29-27(30)25-16-10-11-17-26(25)28(29)31/h6,8,10-11,13,15-17,22H,4-5,7,9,12,14,18-21H2,1-3H3. The molecule has 0 N–H and O–H groups in total. The van der Waals surface area contributed by atoms with Crippen molar-refractivity contribution in [1.29, 1.82) is 0 Å². The number of unbranched alkanes of at least 4 members (excludes halogenated alkanes) is 2. The van der Waals surface area contributed by atoms with Gasteiger partial charge in [-0.05, 0) is 54.9 Å². The molecule has 2 amide bonds. The van der Waals surface area contributed by atoms with Crippen molar-refractivity contribution in [2.45, 2.75) is 59.3 Å². The lowest BCUT2D eigenvalue weighted by Gasteiger charge is -2.21. The second-order valence-corrected chi connectivity index (χ2v) is 11.0. The van der Waals surface area contributed by atoms with Gasteiger partial charge < -0.3 is 0 Å². The topological polar surface area (TPSA) is 82.1 Å². The van der Waals surface area contributed by atoms with Crippen molar-refractivity contribution in [2.75, 3.05) is 26.4 Å². The number of carbonyl (C=O) groups excluding carboxylic acids is 2. The summed E-state index contributed by atoms with van der Waals surface area (Å²) in [5.74, 6) is -0.389. The Labute approximate surface area is 214 Å². The summed E-state index contributed by atoms with van der Waals surface area (Å²) in [4.78, 5) is 26.3. The molecule has 1 aromatic rings. The average Bonchev–Trinajstić information content (AvgIpc) is 3.13. The summed E-state index contributed by atoms with van der Waals surface area (Å²) in [6, 6.07) is 6.78. The third-order valence-corrected chi connectivity index (χ3v) is 7.65. The van der Waals surface area contributed by atoms with E-state index in [2.05, 4.69) is 32.9 Å². The van der Waals surface area contributed by atoms with Crippen molar-refractivity contribution >= 4 is 19.6 Å². The summed E-state index contributed by atoms with van der Waals surface area (Å²) in [7, 11) is -3.86. The molecule has 0 fully saturated rings. The SMILES string of the molecule is CCCCC=C(COP(=O)(OCCCN1C(=O)c2ccccc2C1=O)OCC1=CC=CCC1)C(C)C. The first-order valence-corrected chi connectivity index (χ1v) is 14.3. The fourth-order valence-electron chi connectivity index (χ4n) is 3.99. The Morgan fingerprint density at radius 1 is 1.08 bits per heavy atom. The Bertz CT molecular complexity index is 1020. The Balaban J connectivity index is 1.58. The van der Waals surface area contributed by atoms with Gasteiger partial charge in [0, 0.05) is 6.54 Å². The Morgan fingerprint density at radius 3 is 2.42 bits per heavy atom. The number of carbonyl (C=O) groups is 2. The Hall–Kier alpha value is -2.31. The third-order valence-electron chi connectivity index (χ3n) is 6.26. The number of phosphoric acid groups is 1. The maximum absolute atomic E-state index is 13.5. The summed E-state index contributed by atoms with van der Waals surface area (Å²) >= 11 is 0. The monoisotopic (exact) mass is 515 g/mol. The summed E-state index contributed by atoms with van der Waals surface area (Å²) < 4.78 is 30.7. The van der Waals surface area contributed by atoms with E-state index in [9.17, 15) is 14.2 Å². The van der Waals surface area contributed by atoms with E-state index >= 15 is 0 Å². The van der Waals surface area contributed by atoms with E-state index in [4.69, 9.17) is 13.6 Å². The van der Waals surface area contributed by atoms with Crippen LogP contribution in [0.15, 0.2) is 59.7 Å². The van der Waals surface area contributed by atoms with Crippen molar-refractivity contribution in [3.63, 3.8) is 0 Å². The largest absolute Gasteiger partial charge is 0.475 e. The van der Waals surface area contributed by atoms with Crippen LogP contribution in [0, 0.1) is 5.92 Å². The molecule has 1 aromatic carbocycles.